The monoisotopic (exact) mass is 265 g/mol. The number of hydrogen-bond donors (Lipinski definition) is 1. The fourth-order valence-corrected chi connectivity index (χ4v) is 1.28. The predicted molar refractivity (Wildman–Crippen MR) is 65.9 cm³/mol. The summed E-state index contributed by atoms with van der Waals surface area (Å²) in [5, 5.41) is 0. The Labute approximate surface area is 110 Å². The van der Waals surface area contributed by atoms with Gasteiger partial charge in [0.25, 0.3) is 5.91 Å². The van der Waals surface area contributed by atoms with Crippen molar-refractivity contribution in [3.8, 4) is 0 Å². The van der Waals surface area contributed by atoms with Crippen molar-refractivity contribution < 1.29 is 24.0 Å². The number of hydrogen-bond acceptors (Lipinski definition) is 5. The fraction of sp³-hybridized carbons (Fsp3) is 0.308. The molecule has 1 rings (SSSR count). The van der Waals surface area contributed by atoms with Gasteiger partial charge in [0.1, 0.15) is 0 Å². The second kappa shape index (κ2) is 7.86. The Kier molecular flexibility index (Phi) is 6.08. The van der Waals surface area contributed by atoms with E-state index in [4.69, 9.17) is 0 Å². The molecule has 0 saturated carbocycles. The van der Waals surface area contributed by atoms with Gasteiger partial charge in [0.2, 0.25) is 0 Å². The summed E-state index contributed by atoms with van der Waals surface area (Å²) in [5.41, 5.74) is 2.44. The molecule has 0 spiro atoms. The third-order valence-corrected chi connectivity index (χ3v) is 2.28. The maximum atomic E-state index is 11.5. The maximum Gasteiger partial charge on any atom is 0.332 e. The van der Waals surface area contributed by atoms with E-state index in [0.29, 0.717) is 12.0 Å². The molecule has 0 saturated heterocycles. The molecular weight excluding hydrogens is 250 g/mol. The molecule has 0 fully saturated rings. The van der Waals surface area contributed by atoms with Crippen LogP contribution >= 0.6 is 0 Å². The third kappa shape index (κ3) is 5.67. The van der Waals surface area contributed by atoms with Crippen LogP contribution < -0.4 is 5.48 Å². The summed E-state index contributed by atoms with van der Waals surface area (Å²) >= 11 is 0. The van der Waals surface area contributed by atoms with Gasteiger partial charge in [0, 0.05) is 18.4 Å². The van der Waals surface area contributed by atoms with Gasteiger partial charge < -0.3 is 9.57 Å². The second-order valence-electron chi connectivity index (χ2n) is 3.70. The number of hydroxylamine groups is 1. The summed E-state index contributed by atoms with van der Waals surface area (Å²) in [4.78, 5) is 38.2. The molecule has 0 aliphatic carbocycles. The van der Waals surface area contributed by atoms with Gasteiger partial charge in [-0.3, -0.25) is 9.59 Å². The lowest BCUT2D eigenvalue weighted by molar-refractivity contribution is -0.149. The molecule has 0 bridgehead atoms. The lowest BCUT2D eigenvalue weighted by Gasteiger charge is -2.05. The van der Waals surface area contributed by atoms with Crippen molar-refractivity contribution >= 4 is 17.8 Å². The van der Waals surface area contributed by atoms with Crippen LogP contribution in [-0.4, -0.2) is 25.0 Å². The summed E-state index contributed by atoms with van der Waals surface area (Å²) in [6, 6.07) is 8.37. The molecule has 0 atom stereocenters. The van der Waals surface area contributed by atoms with Crippen molar-refractivity contribution in [2.45, 2.75) is 19.3 Å². The van der Waals surface area contributed by atoms with E-state index in [1.807, 2.05) is 5.48 Å². The minimum absolute atomic E-state index is 0.0319. The van der Waals surface area contributed by atoms with Crippen LogP contribution in [0.5, 0.6) is 0 Å². The van der Waals surface area contributed by atoms with E-state index < -0.39 is 11.9 Å². The Morgan fingerprint density at radius 2 is 1.68 bits per heavy atom. The van der Waals surface area contributed by atoms with Gasteiger partial charge in [-0.05, 0) is 18.6 Å². The van der Waals surface area contributed by atoms with E-state index in [-0.39, 0.29) is 18.8 Å². The van der Waals surface area contributed by atoms with Crippen molar-refractivity contribution in [1.29, 1.82) is 0 Å². The van der Waals surface area contributed by atoms with Crippen LogP contribution in [0.3, 0.4) is 0 Å². The zero-order valence-corrected chi connectivity index (χ0v) is 10.5. The highest BCUT2D eigenvalue weighted by molar-refractivity contribution is 5.94. The summed E-state index contributed by atoms with van der Waals surface area (Å²) < 4.78 is 4.43. The highest BCUT2D eigenvalue weighted by atomic mass is 16.7. The van der Waals surface area contributed by atoms with Crippen LogP contribution in [0, 0.1) is 0 Å². The molecule has 0 aromatic heterocycles. The Morgan fingerprint density at radius 3 is 2.32 bits per heavy atom. The number of benzene rings is 1. The maximum absolute atomic E-state index is 11.5. The van der Waals surface area contributed by atoms with Crippen LogP contribution in [0.1, 0.15) is 29.6 Å². The minimum Gasteiger partial charge on any atom is -0.469 e. The standard InChI is InChI=1S/C13H15NO5/c1-18-11(15)8-5-9-12(16)19-14-13(17)10-6-3-2-4-7-10/h2-4,6-7H,5,8-9H2,1H3,(H,14,17). The first-order valence-electron chi connectivity index (χ1n) is 5.75. The lowest BCUT2D eigenvalue weighted by atomic mass is 10.2. The molecule has 102 valence electrons. The summed E-state index contributed by atoms with van der Waals surface area (Å²) in [6.45, 7) is 0. The van der Waals surface area contributed by atoms with E-state index in [2.05, 4.69) is 9.57 Å². The topological polar surface area (TPSA) is 81.7 Å². The Morgan fingerprint density at radius 1 is 1.05 bits per heavy atom. The average molecular weight is 265 g/mol. The lowest BCUT2D eigenvalue weighted by Crippen LogP contribution is -2.27. The van der Waals surface area contributed by atoms with Gasteiger partial charge in [-0.1, -0.05) is 18.2 Å². The first kappa shape index (κ1) is 14.7. The number of esters is 1. The number of carbonyl (C=O) groups is 3. The smallest absolute Gasteiger partial charge is 0.332 e. The SMILES string of the molecule is COC(=O)CCCC(=O)ONC(=O)c1ccccc1. The normalized spacial score (nSPS) is 9.53. The number of carbonyl (C=O) groups excluding carboxylic acids is 3. The highest BCUT2D eigenvalue weighted by Crippen LogP contribution is 2.00. The molecule has 6 heteroatoms. The quantitative estimate of drug-likeness (QED) is 0.639. The van der Waals surface area contributed by atoms with Crippen LogP contribution in [0.15, 0.2) is 30.3 Å². The van der Waals surface area contributed by atoms with Gasteiger partial charge in [0.05, 0.1) is 7.11 Å². The molecule has 19 heavy (non-hydrogen) atoms. The van der Waals surface area contributed by atoms with Crippen molar-refractivity contribution in [2.24, 2.45) is 0 Å². The summed E-state index contributed by atoms with van der Waals surface area (Å²) in [5.74, 6) is -1.49. The summed E-state index contributed by atoms with van der Waals surface area (Å²) in [6.07, 6.45) is 0.481. The van der Waals surface area contributed by atoms with E-state index >= 15 is 0 Å². The van der Waals surface area contributed by atoms with Crippen LogP contribution in [0.25, 0.3) is 0 Å². The third-order valence-electron chi connectivity index (χ3n) is 2.28. The van der Waals surface area contributed by atoms with E-state index in [9.17, 15) is 14.4 Å². The largest absolute Gasteiger partial charge is 0.469 e. The molecule has 0 aliphatic heterocycles. The number of ether oxygens (including phenoxy) is 1. The van der Waals surface area contributed by atoms with Gasteiger partial charge in [-0.15, -0.1) is 0 Å². The first-order valence-corrected chi connectivity index (χ1v) is 5.75. The Balaban J connectivity index is 2.23. The van der Waals surface area contributed by atoms with Crippen molar-refractivity contribution in [3.05, 3.63) is 35.9 Å². The van der Waals surface area contributed by atoms with Gasteiger partial charge in [-0.2, -0.15) is 5.48 Å². The number of amides is 1. The molecule has 6 nitrogen and oxygen atoms in total. The zero-order chi connectivity index (χ0) is 14.1. The Hall–Kier alpha value is -2.37. The van der Waals surface area contributed by atoms with Gasteiger partial charge in [-0.25, -0.2) is 4.79 Å². The molecule has 0 radical (unpaired) electrons. The van der Waals surface area contributed by atoms with Gasteiger partial charge >= 0.3 is 11.9 Å². The molecular formula is C13H15NO5. The van der Waals surface area contributed by atoms with Crippen LogP contribution in [0.4, 0.5) is 0 Å². The molecule has 0 aliphatic rings. The second-order valence-corrected chi connectivity index (χ2v) is 3.70. The van der Waals surface area contributed by atoms with E-state index in [1.165, 1.54) is 7.11 Å². The van der Waals surface area contributed by atoms with Crippen molar-refractivity contribution in [1.82, 2.24) is 5.48 Å². The Bertz CT molecular complexity index is 444. The number of nitrogens with one attached hydrogen (secondary N) is 1. The van der Waals surface area contributed by atoms with Crippen LogP contribution in [-0.2, 0) is 19.2 Å². The average Bonchev–Trinajstić information content (AvgIpc) is 2.45. The van der Waals surface area contributed by atoms with Crippen molar-refractivity contribution in [2.75, 3.05) is 7.11 Å². The van der Waals surface area contributed by atoms with Crippen molar-refractivity contribution in [3.63, 3.8) is 0 Å². The predicted octanol–water partition coefficient (Wildman–Crippen LogP) is 1.22. The summed E-state index contributed by atoms with van der Waals surface area (Å²) in [7, 11) is 1.28. The van der Waals surface area contributed by atoms with E-state index in [0.717, 1.165) is 0 Å². The molecule has 1 N–H and O–H groups in total. The first-order chi connectivity index (χ1) is 9.13. The molecule has 1 amide bonds. The van der Waals surface area contributed by atoms with E-state index in [1.54, 1.807) is 30.3 Å². The van der Waals surface area contributed by atoms with Gasteiger partial charge in [0.15, 0.2) is 0 Å². The molecule has 0 heterocycles. The zero-order valence-electron chi connectivity index (χ0n) is 10.5. The number of rotatable bonds is 5. The minimum atomic E-state index is -0.604. The molecule has 1 aromatic carbocycles. The fourth-order valence-electron chi connectivity index (χ4n) is 1.28. The molecule has 1 aromatic rings. The number of methoxy groups -OCH3 is 1. The highest BCUT2D eigenvalue weighted by Gasteiger charge is 2.09. The van der Waals surface area contributed by atoms with Crippen LogP contribution in [0.2, 0.25) is 0 Å². The molecule has 0 unspecified atom stereocenters.